The van der Waals surface area contributed by atoms with Gasteiger partial charge in [-0.3, -0.25) is 9.59 Å². The van der Waals surface area contributed by atoms with E-state index in [-0.39, 0.29) is 11.8 Å². The lowest BCUT2D eigenvalue weighted by atomic mass is 10.1. The third-order valence-corrected chi connectivity index (χ3v) is 3.50. The monoisotopic (exact) mass is 310 g/mol. The van der Waals surface area contributed by atoms with E-state index >= 15 is 0 Å². The molecule has 0 saturated carbocycles. The zero-order valence-corrected chi connectivity index (χ0v) is 13.6. The summed E-state index contributed by atoms with van der Waals surface area (Å²) in [6.07, 6.45) is 1.24. The van der Waals surface area contributed by atoms with E-state index in [2.05, 4.69) is 5.32 Å². The summed E-state index contributed by atoms with van der Waals surface area (Å²) in [7, 11) is 0. The smallest absolute Gasteiger partial charge is 0.242 e. The van der Waals surface area contributed by atoms with Gasteiger partial charge in [0.05, 0.1) is 0 Å². The Balaban J connectivity index is 2.85. The second kappa shape index (κ2) is 8.67. The Bertz CT molecular complexity index is 491. The first-order chi connectivity index (χ1) is 9.99. The molecule has 4 nitrogen and oxygen atoms in total. The topological polar surface area (TPSA) is 49.4 Å². The molecular weight excluding hydrogens is 288 g/mol. The van der Waals surface area contributed by atoms with Gasteiger partial charge in [-0.1, -0.05) is 37.6 Å². The molecule has 1 N–H and O–H groups in total. The first-order valence-electron chi connectivity index (χ1n) is 7.31. The van der Waals surface area contributed by atoms with E-state index in [1.807, 2.05) is 25.1 Å². The Morgan fingerprint density at radius 3 is 2.62 bits per heavy atom. The van der Waals surface area contributed by atoms with Crippen LogP contribution >= 0.6 is 11.6 Å². The predicted molar refractivity (Wildman–Crippen MR) is 85.1 cm³/mol. The van der Waals surface area contributed by atoms with E-state index in [0.29, 0.717) is 24.5 Å². The van der Waals surface area contributed by atoms with Crippen LogP contribution in [0.5, 0.6) is 0 Å². The molecule has 0 saturated heterocycles. The van der Waals surface area contributed by atoms with Gasteiger partial charge in [0.25, 0.3) is 0 Å². The molecule has 21 heavy (non-hydrogen) atoms. The molecule has 0 aliphatic carbocycles. The fourth-order valence-corrected chi connectivity index (χ4v) is 2.23. The molecule has 1 rings (SSSR count). The second-order valence-electron chi connectivity index (χ2n) is 4.97. The highest BCUT2D eigenvalue weighted by Gasteiger charge is 2.24. The molecule has 1 atom stereocenters. The molecule has 0 fully saturated rings. The van der Waals surface area contributed by atoms with Crippen LogP contribution in [-0.2, 0) is 16.1 Å². The van der Waals surface area contributed by atoms with Crippen LogP contribution in [0.15, 0.2) is 24.3 Å². The minimum Gasteiger partial charge on any atom is -0.354 e. The van der Waals surface area contributed by atoms with Crippen LogP contribution in [0.4, 0.5) is 0 Å². The zero-order valence-electron chi connectivity index (χ0n) is 12.9. The van der Waals surface area contributed by atoms with Crippen LogP contribution in [0.25, 0.3) is 0 Å². The number of amides is 2. The molecule has 0 bridgehead atoms. The van der Waals surface area contributed by atoms with Crippen LogP contribution in [-0.4, -0.2) is 29.3 Å². The van der Waals surface area contributed by atoms with E-state index in [1.54, 1.807) is 24.8 Å². The number of carbonyl (C=O) groups excluding carboxylic acids is 2. The lowest BCUT2D eigenvalue weighted by molar-refractivity contribution is -0.140. The molecule has 2 amide bonds. The molecule has 0 radical (unpaired) electrons. The Morgan fingerprint density at radius 2 is 2.05 bits per heavy atom. The lowest BCUT2D eigenvalue weighted by Crippen LogP contribution is -2.47. The molecule has 0 unspecified atom stereocenters. The van der Waals surface area contributed by atoms with Gasteiger partial charge in [0.1, 0.15) is 6.04 Å². The normalized spacial score (nSPS) is 11.8. The number of hydrogen-bond acceptors (Lipinski definition) is 2. The minimum atomic E-state index is -0.497. The quantitative estimate of drug-likeness (QED) is 0.841. The SMILES string of the molecule is CCCNC(=O)[C@@H](C)N(Cc1cccc(Cl)c1)C(=O)CC. The van der Waals surface area contributed by atoms with Gasteiger partial charge in [-0.05, 0) is 31.0 Å². The third kappa shape index (κ3) is 5.38. The van der Waals surface area contributed by atoms with Gasteiger partial charge < -0.3 is 10.2 Å². The van der Waals surface area contributed by atoms with Gasteiger partial charge >= 0.3 is 0 Å². The maximum Gasteiger partial charge on any atom is 0.242 e. The lowest BCUT2D eigenvalue weighted by Gasteiger charge is -2.28. The number of rotatable bonds is 7. The Hall–Kier alpha value is -1.55. The summed E-state index contributed by atoms with van der Waals surface area (Å²) in [6, 6.07) is 6.85. The molecule has 116 valence electrons. The number of nitrogens with zero attached hydrogens (tertiary/aromatic N) is 1. The molecule has 1 aromatic carbocycles. The van der Waals surface area contributed by atoms with Gasteiger partial charge in [0.15, 0.2) is 0 Å². The first kappa shape index (κ1) is 17.5. The van der Waals surface area contributed by atoms with Gasteiger partial charge in [-0.2, -0.15) is 0 Å². The molecule has 0 aliphatic heterocycles. The number of carbonyl (C=O) groups is 2. The Morgan fingerprint density at radius 1 is 1.33 bits per heavy atom. The molecule has 1 aromatic rings. The van der Waals surface area contributed by atoms with Crippen LogP contribution < -0.4 is 5.32 Å². The molecular formula is C16H23ClN2O2. The summed E-state index contributed by atoms with van der Waals surface area (Å²) in [6.45, 7) is 6.54. The number of halogens is 1. The van der Waals surface area contributed by atoms with E-state index in [4.69, 9.17) is 11.6 Å². The molecule has 5 heteroatoms. The van der Waals surface area contributed by atoms with Crippen molar-refractivity contribution >= 4 is 23.4 Å². The number of benzene rings is 1. The van der Waals surface area contributed by atoms with Crippen molar-refractivity contribution in [1.29, 1.82) is 0 Å². The maximum absolute atomic E-state index is 12.1. The molecule has 0 aliphatic rings. The highest BCUT2D eigenvalue weighted by molar-refractivity contribution is 6.30. The number of nitrogens with one attached hydrogen (secondary N) is 1. The van der Waals surface area contributed by atoms with E-state index < -0.39 is 6.04 Å². The van der Waals surface area contributed by atoms with Gasteiger partial charge in [0, 0.05) is 24.5 Å². The molecule has 0 aromatic heterocycles. The summed E-state index contributed by atoms with van der Waals surface area (Å²) in [4.78, 5) is 25.8. The number of hydrogen-bond donors (Lipinski definition) is 1. The fourth-order valence-electron chi connectivity index (χ4n) is 2.01. The average molecular weight is 311 g/mol. The van der Waals surface area contributed by atoms with Crippen molar-refractivity contribution < 1.29 is 9.59 Å². The van der Waals surface area contributed by atoms with E-state index in [1.165, 1.54) is 0 Å². The maximum atomic E-state index is 12.1. The Labute approximate surface area is 131 Å². The van der Waals surface area contributed by atoms with Crippen molar-refractivity contribution in [2.24, 2.45) is 0 Å². The highest BCUT2D eigenvalue weighted by Crippen LogP contribution is 2.15. The van der Waals surface area contributed by atoms with Gasteiger partial charge in [-0.25, -0.2) is 0 Å². The van der Waals surface area contributed by atoms with Crippen LogP contribution in [0, 0.1) is 0 Å². The van der Waals surface area contributed by atoms with Crippen molar-refractivity contribution in [2.45, 2.75) is 46.2 Å². The van der Waals surface area contributed by atoms with Crippen LogP contribution in [0.1, 0.15) is 39.2 Å². The van der Waals surface area contributed by atoms with E-state index in [9.17, 15) is 9.59 Å². The summed E-state index contributed by atoms with van der Waals surface area (Å²) < 4.78 is 0. The highest BCUT2D eigenvalue weighted by atomic mass is 35.5. The second-order valence-corrected chi connectivity index (χ2v) is 5.41. The average Bonchev–Trinajstić information content (AvgIpc) is 2.48. The van der Waals surface area contributed by atoms with Crippen molar-refractivity contribution in [2.75, 3.05) is 6.54 Å². The van der Waals surface area contributed by atoms with Gasteiger partial charge in [-0.15, -0.1) is 0 Å². The summed E-state index contributed by atoms with van der Waals surface area (Å²) in [5.41, 5.74) is 0.916. The van der Waals surface area contributed by atoms with Crippen molar-refractivity contribution in [3.8, 4) is 0 Å². The van der Waals surface area contributed by atoms with Crippen molar-refractivity contribution in [3.63, 3.8) is 0 Å². The predicted octanol–water partition coefficient (Wildman–Crippen LogP) is 2.99. The summed E-state index contributed by atoms with van der Waals surface area (Å²) in [5.74, 6) is -0.171. The zero-order chi connectivity index (χ0) is 15.8. The van der Waals surface area contributed by atoms with Crippen LogP contribution in [0.2, 0.25) is 5.02 Å². The molecule has 0 heterocycles. The minimum absolute atomic E-state index is 0.0471. The van der Waals surface area contributed by atoms with Crippen LogP contribution in [0.3, 0.4) is 0 Å². The Kier molecular flexibility index (Phi) is 7.23. The molecule has 0 spiro atoms. The largest absolute Gasteiger partial charge is 0.354 e. The van der Waals surface area contributed by atoms with E-state index in [0.717, 1.165) is 12.0 Å². The standard InChI is InChI=1S/C16H23ClN2O2/c1-4-9-18-16(21)12(3)19(15(20)5-2)11-13-7-6-8-14(17)10-13/h6-8,10,12H,4-5,9,11H2,1-3H3,(H,18,21)/t12-/m1/s1. The summed E-state index contributed by atoms with van der Waals surface area (Å²) in [5, 5.41) is 3.45. The fraction of sp³-hybridized carbons (Fsp3) is 0.500. The van der Waals surface area contributed by atoms with Crippen molar-refractivity contribution in [3.05, 3.63) is 34.9 Å². The first-order valence-corrected chi connectivity index (χ1v) is 7.69. The third-order valence-electron chi connectivity index (χ3n) is 3.26. The van der Waals surface area contributed by atoms with Gasteiger partial charge in [0.2, 0.25) is 11.8 Å². The van der Waals surface area contributed by atoms with Crippen molar-refractivity contribution in [1.82, 2.24) is 10.2 Å². The summed E-state index contributed by atoms with van der Waals surface area (Å²) >= 11 is 5.97.